The fraction of sp³-hybridized carbons (Fsp3) is 0.600. The Kier molecular flexibility index (Phi) is 6.27. The standard InChI is InChI=1S/C20H26F3N3O2/c1-15(20(21,22)23)24-11-13-26(14-12-24)19(28)17-7-9-25(10-8-17)18(27)16-5-3-2-4-6-16/h2-6,15,17H,7-14H2,1H3. The third kappa shape index (κ3) is 4.66. The van der Waals surface area contributed by atoms with Crippen molar-refractivity contribution in [2.45, 2.75) is 32.0 Å². The number of carbonyl (C=O) groups excluding carboxylic acids is 2. The van der Waals surface area contributed by atoms with Crippen molar-refractivity contribution in [2.75, 3.05) is 39.3 Å². The van der Waals surface area contributed by atoms with Crippen molar-refractivity contribution in [3.05, 3.63) is 35.9 Å². The molecule has 1 aromatic carbocycles. The molecule has 0 aliphatic carbocycles. The van der Waals surface area contributed by atoms with E-state index in [9.17, 15) is 22.8 Å². The molecule has 0 spiro atoms. The Morgan fingerprint density at radius 3 is 2.04 bits per heavy atom. The van der Waals surface area contributed by atoms with E-state index in [1.807, 2.05) is 18.2 Å². The van der Waals surface area contributed by atoms with Gasteiger partial charge in [-0.05, 0) is 31.9 Å². The summed E-state index contributed by atoms with van der Waals surface area (Å²) in [4.78, 5) is 30.1. The largest absolute Gasteiger partial charge is 0.403 e. The summed E-state index contributed by atoms with van der Waals surface area (Å²) in [5.41, 5.74) is 0.641. The van der Waals surface area contributed by atoms with Crippen LogP contribution in [-0.4, -0.2) is 78.0 Å². The van der Waals surface area contributed by atoms with Crippen molar-refractivity contribution >= 4 is 11.8 Å². The van der Waals surface area contributed by atoms with Crippen molar-refractivity contribution in [3.63, 3.8) is 0 Å². The highest BCUT2D eigenvalue weighted by atomic mass is 19.4. The Morgan fingerprint density at radius 1 is 0.929 bits per heavy atom. The van der Waals surface area contributed by atoms with Crippen molar-refractivity contribution in [3.8, 4) is 0 Å². The molecule has 3 rings (SSSR count). The topological polar surface area (TPSA) is 43.9 Å². The van der Waals surface area contributed by atoms with Gasteiger partial charge in [-0.25, -0.2) is 0 Å². The third-order valence-electron chi connectivity index (χ3n) is 5.80. The highest BCUT2D eigenvalue weighted by Crippen LogP contribution is 2.26. The van der Waals surface area contributed by atoms with Crippen LogP contribution in [0.4, 0.5) is 13.2 Å². The second-order valence-electron chi connectivity index (χ2n) is 7.51. The Hall–Kier alpha value is -2.09. The maximum absolute atomic E-state index is 12.9. The third-order valence-corrected chi connectivity index (χ3v) is 5.80. The number of carbonyl (C=O) groups is 2. The maximum Gasteiger partial charge on any atom is 0.403 e. The maximum atomic E-state index is 12.9. The molecule has 8 heteroatoms. The van der Waals surface area contributed by atoms with Crippen LogP contribution in [0.2, 0.25) is 0 Å². The molecule has 1 atom stereocenters. The molecule has 0 N–H and O–H groups in total. The molecule has 5 nitrogen and oxygen atoms in total. The van der Waals surface area contributed by atoms with Crippen LogP contribution in [0.3, 0.4) is 0 Å². The molecular formula is C20H26F3N3O2. The van der Waals surface area contributed by atoms with Crippen molar-refractivity contribution in [1.29, 1.82) is 0 Å². The summed E-state index contributed by atoms with van der Waals surface area (Å²) in [5.74, 6) is -0.182. The second-order valence-corrected chi connectivity index (χ2v) is 7.51. The molecule has 1 unspecified atom stereocenters. The van der Waals surface area contributed by atoms with E-state index in [0.29, 0.717) is 44.6 Å². The van der Waals surface area contributed by atoms with Gasteiger partial charge in [0.1, 0.15) is 6.04 Å². The molecule has 2 heterocycles. The molecule has 2 aliphatic rings. The zero-order valence-corrected chi connectivity index (χ0v) is 16.0. The number of alkyl halides is 3. The molecule has 154 valence electrons. The Labute approximate surface area is 163 Å². The summed E-state index contributed by atoms with van der Waals surface area (Å²) in [6, 6.07) is 7.57. The number of rotatable bonds is 3. The summed E-state index contributed by atoms with van der Waals surface area (Å²) in [6.45, 7) is 3.32. The minimum absolute atomic E-state index is 0.00567. The van der Waals surface area contributed by atoms with Gasteiger partial charge >= 0.3 is 6.18 Å². The van der Waals surface area contributed by atoms with E-state index in [2.05, 4.69) is 0 Å². The molecule has 2 amide bonds. The summed E-state index contributed by atoms with van der Waals surface area (Å²) in [7, 11) is 0. The predicted octanol–water partition coefficient (Wildman–Crippen LogP) is 2.63. The van der Waals surface area contributed by atoms with Crippen LogP contribution in [0.15, 0.2) is 30.3 Å². The summed E-state index contributed by atoms with van der Waals surface area (Å²) < 4.78 is 38.6. The quantitative estimate of drug-likeness (QED) is 0.788. The van der Waals surface area contributed by atoms with Crippen LogP contribution in [0.1, 0.15) is 30.1 Å². The van der Waals surface area contributed by atoms with Gasteiger partial charge in [0.05, 0.1) is 0 Å². The summed E-state index contributed by atoms with van der Waals surface area (Å²) >= 11 is 0. The van der Waals surface area contributed by atoms with Gasteiger partial charge in [-0.3, -0.25) is 14.5 Å². The normalized spacial score (nSPS) is 20.9. The van der Waals surface area contributed by atoms with Gasteiger partial charge < -0.3 is 9.80 Å². The molecule has 2 aliphatic heterocycles. The second kappa shape index (κ2) is 8.51. The first kappa shape index (κ1) is 20.6. The first-order chi connectivity index (χ1) is 13.3. The van der Waals surface area contributed by atoms with Gasteiger partial charge in [0, 0.05) is 50.7 Å². The van der Waals surface area contributed by atoms with Gasteiger partial charge in [0.15, 0.2) is 0 Å². The first-order valence-corrected chi connectivity index (χ1v) is 9.71. The highest BCUT2D eigenvalue weighted by Gasteiger charge is 2.41. The molecule has 28 heavy (non-hydrogen) atoms. The number of benzene rings is 1. The van der Waals surface area contributed by atoms with E-state index in [-0.39, 0.29) is 30.8 Å². The lowest BCUT2D eigenvalue weighted by molar-refractivity contribution is -0.183. The molecule has 1 aromatic rings. The monoisotopic (exact) mass is 397 g/mol. The van der Waals surface area contributed by atoms with E-state index in [0.717, 1.165) is 6.92 Å². The van der Waals surface area contributed by atoms with Crippen molar-refractivity contribution in [1.82, 2.24) is 14.7 Å². The number of piperidine rings is 1. The van der Waals surface area contributed by atoms with Crippen molar-refractivity contribution < 1.29 is 22.8 Å². The zero-order valence-electron chi connectivity index (χ0n) is 16.0. The van der Waals surface area contributed by atoms with Crippen LogP contribution >= 0.6 is 0 Å². The fourth-order valence-electron chi connectivity index (χ4n) is 3.89. The molecule has 2 saturated heterocycles. The highest BCUT2D eigenvalue weighted by molar-refractivity contribution is 5.94. The number of piperazine rings is 1. The number of hydrogen-bond donors (Lipinski definition) is 0. The zero-order chi connectivity index (χ0) is 20.3. The SMILES string of the molecule is CC(N1CCN(C(=O)C2CCN(C(=O)c3ccccc3)CC2)CC1)C(F)(F)F. The van der Waals surface area contributed by atoms with Crippen LogP contribution in [-0.2, 0) is 4.79 Å². The molecule has 0 radical (unpaired) electrons. The Balaban J connectivity index is 1.48. The number of halogens is 3. The van der Waals surface area contributed by atoms with E-state index in [1.54, 1.807) is 21.9 Å². The Bertz CT molecular complexity index is 680. The van der Waals surface area contributed by atoms with E-state index >= 15 is 0 Å². The predicted molar refractivity (Wildman–Crippen MR) is 98.7 cm³/mol. The number of likely N-dealkylation sites (tertiary alicyclic amines) is 1. The first-order valence-electron chi connectivity index (χ1n) is 9.71. The average molecular weight is 397 g/mol. The lowest BCUT2D eigenvalue weighted by Gasteiger charge is -2.40. The Morgan fingerprint density at radius 2 is 1.50 bits per heavy atom. The fourth-order valence-corrected chi connectivity index (χ4v) is 3.89. The molecule has 2 fully saturated rings. The van der Waals surface area contributed by atoms with Gasteiger partial charge in [-0.15, -0.1) is 0 Å². The minimum atomic E-state index is -4.25. The minimum Gasteiger partial charge on any atom is -0.340 e. The number of hydrogen-bond acceptors (Lipinski definition) is 3. The lowest BCUT2D eigenvalue weighted by Crippen LogP contribution is -2.56. The number of nitrogens with zero attached hydrogens (tertiary/aromatic N) is 3. The van der Waals surface area contributed by atoms with Gasteiger partial charge in [0.2, 0.25) is 5.91 Å². The summed E-state index contributed by atoms with van der Waals surface area (Å²) in [5, 5.41) is 0. The summed E-state index contributed by atoms with van der Waals surface area (Å²) in [6.07, 6.45) is -3.06. The lowest BCUT2D eigenvalue weighted by atomic mass is 9.94. The van der Waals surface area contributed by atoms with Gasteiger partial charge in [-0.2, -0.15) is 13.2 Å². The van der Waals surface area contributed by atoms with E-state index in [4.69, 9.17) is 0 Å². The number of amides is 2. The molecular weight excluding hydrogens is 371 g/mol. The smallest absolute Gasteiger partial charge is 0.340 e. The molecule has 0 aromatic heterocycles. The average Bonchev–Trinajstić information content (AvgIpc) is 2.72. The van der Waals surface area contributed by atoms with Crippen LogP contribution in [0.5, 0.6) is 0 Å². The molecule has 0 bridgehead atoms. The van der Waals surface area contributed by atoms with Gasteiger partial charge in [-0.1, -0.05) is 18.2 Å². The van der Waals surface area contributed by atoms with Crippen LogP contribution in [0, 0.1) is 5.92 Å². The van der Waals surface area contributed by atoms with E-state index < -0.39 is 12.2 Å². The van der Waals surface area contributed by atoms with Gasteiger partial charge in [0.25, 0.3) is 5.91 Å². The van der Waals surface area contributed by atoms with Crippen LogP contribution in [0.25, 0.3) is 0 Å². The van der Waals surface area contributed by atoms with E-state index in [1.165, 1.54) is 4.90 Å². The van der Waals surface area contributed by atoms with Crippen molar-refractivity contribution in [2.24, 2.45) is 5.92 Å². The molecule has 0 saturated carbocycles. The van der Waals surface area contributed by atoms with Crippen LogP contribution < -0.4 is 0 Å².